The maximum Gasteiger partial charge on any atom is 0.194 e. The maximum absolute atomic E-state index is 11.3. The van der Waals surface area contributed by atoms with Crippen molar-refractivity contribution in [3.8, 4) is 0 Å². The second kappa shape index (κ2) is 3.71. The van der Waals surface area contributed by atoms with E-state index in [1.807, 2.05) is 7.05 Å². The Morgan fingerprint density at radius 1 is 1.67 bits per heavy atom. The predicted molar refractivity (Wildman–Crippen MR) is 58.9 cm³/mol. The number of aromatic amines is 1. The molecule has 0 amide bonds. The fourth-order valence-corrected chi connectivity index (χ4v) is 3.87. The molecule has 1 atom stereocenters. The van der Waals surface area contributed by atoms with Crippen molar-refractivity contribution >= 4 is 22.1 Å². The molecule has 15 heavy (non-hydrogen) atoms. The molecular formula is C8H13N3O2S2. The minimum atomic E-state index is -2.79. The molecule has 2 rings (SSSR count). The second-order valence-electron chi connectivity index (χ2n) is 3.98. The van der Waals surface area contributed by atoms with Crippen LogP contribution in [0.25, 0.3) is 0 Å². The standard InChI is InChI=1S/C8H13N3O2S2/c1-11-7(9-10-8(11)14)4-6-2-3-15(12,13)5-6/h6H,2-5H2,1H3,(H,10,14)/t6-/m1/s1. The third kappa shape index (κ3) is 2.28. The van der Waals surface area contributed by atoms with Crippen molar-refractivity contribution in [2.24, 2.45) is 13.0 Å². The van der Waals surface area contributed by atoms with Crippen LogP contribution in [-0.2, 0) is 23.3 Å². The predicted octanol–water partition coefficient (Wildman–Crippen LogP) is 0.455. The zero-order valence-corrected chi connectivity index (χ0v) is 10.1. The van der Waals surface area contributed by atoms with E-state index >= 15 is 0 Å². The van der Waals surface area contributed by atoms with Gasteiger partial charge in [0.2, 0.25) is 0 Å². The lowest BCUT2D eigenvalue weighted by Crippen LogP contribution is -2.10. The van der Waals surface area contributed by atoms with Gasteiger partial charge in [-0.1, -0.05) is 0 Å². The van der Waals surface area contributed by atoms with Crippen molar-refractivity contribution in [2.45, 2.75) is 12.8 Å². The lowest BCUT2D eigenvalue weighted by Gasteiger charge is -2.05. The summed E-state index contributed by atoms with van der Waals surface area (Å²) in [5, 5.41) is 6.78. The number of H-pyrrole nitrogens is 1. The molecular weight excluding hydrogens is 234 g/mol. The van der Waals surface area contributed by atoms with E-state index in [0.717, 1.165) is 12.2 Å². The first-order chi connectivity index (χ1) is 6.98. The molecule has 1 aromatic heterocycles. The first-order valence-electron chi connectivity index (χ1n) is 4.78. The lowest BCUT2D eigenvalue weighted by molar-refractivity contribution is 0.556. The molecule has 1 saturated heterocycles. The van der Waals surface area contributed by atoms with Crippen LogP contribution in [0.5, 0.6) is 0 Å². The van der Waals surface area contributed by atoms with E-state index < -0.39 is 9.84 Å². The summed E-state index contributed by atoms with van der Waals surface area (Å²) in [4.78, 5) is 0. The third-order valence-corrected chi connectivity index (χ3v) is 4.97. The molecule has 1 aromatic rings. The molecule has 0 radical (unpaired) electrons. The first kappa shape index (κ1) is 10.8. The van der Waals surface area contributed by atoms with Crippen LogP contribution in [0, 0.1) is 10.7 Å². The zero-order chi connectivity index (χ0) is 11.1. The first-order valence-corrected chi connectivity index (χ1v) is 7.01. The quantitative estimate of drug-likeness (QED) is 0.771. The van der Waals surface area contributed by atoms with Gasteiger partial charge in [0.05, 0.1) is 11.5 Å². The van der Waals surface area contributed by atoms with Crippen molar-refractivity contribution < 1.29 is 8.42 Å². The fourth-order valence-electron chi connectivity index (χ4n) is 1.85. The SMILES string of the molecule is Cn1c(C[C@H]2CCS(=O)(=O)C2)n[nH]c1=S. The van der Waals surface area contributed by atoms with Gasteiger partial charge in [0.25, 0.3) is 0 Å². The molecule has 84 valence electrons. The van der Waals surface area contributed by atoms with E-state index in [2.05, 4.69) is 10.2 Å². The lowest BCUT2D eigenvalue weighted by atomic mass is 10.1. The van der Waals surface area contributed by atoms with Crippen molar-refractivity contribution in [1.29, 1.82) is 0 Å². The van der Waals surface area contributed by atoms with Gasteiger partial charge in [-0.2, -0.15) is 5.10 Å². The van der Waals surface area contributed by atoms with Crippen LogP contribution < -0.4 is 0 Å². The third-order valence-electron chi connectivity index (χ3n) is 2.77. The van der Waals surface area contributed by atoms with Gasteiger partial charge in [-0.25, -0.2) is 8.42 Å². The van der Waals surface area contributed by atoms with Crippen LogP contribution in [0.15, 0.2) is 0 Å². The molecule has 0 spiro atoms. The summed E-state index contributed by atoms with van der Waals surface area (Å²) < 4.78 is 24.9. The van der Waals surface area contributed by atoms with Gasteiger partial charge in [-0.05, 0) is 24.6 Å². The van der Waals surface area contributed by atoms with E-state index in [1.54, 1.807) is 4.57 Å². The number of sulfone groups is 1. The van der Waals surface area contributed by atoms with Crippen LogP contribution in [0.2, 0.25) is 0 Å². The van der Waals surface area contributed by atoms with Gasteiger partial charge in [0.15, 0.2) is 14.6 Å². The number of nitrogens with one attached hydrogen (secondary N) is 1. The van der Waals surface area contributed by atoms with Gasteiger partial charge >= 0.3 is 0 Å². The highest BCUT2D eigenvalue weighted by Gasteiger charge is 2.28. The molecule has 0 bridgehead atoms. The van der Waals surface area contributed by atoms with Crippen molar-refractivity contribution in [3.63, 3.8) is 0 Å². The summed E-state index contributed by atoms with van der Waals surface area (Å²) >= 11 is 4.99. The summed E-state index contributed by atoms with van der Waals surface area (Å²) in [6, 6.07) is 0. The van der Waals surface area contributed by atoms with Crippen LogP contribution >= 0.6 is 12.2 Å². The van der Waals surface area contributed by atoms with Crippen LogP contribution in [0.3, 0.4) is 0 Å². The molecule has 1 aliphatic rings. The maximum atomic E-state index is 11.3. The van der Waals surface area contributed by atoms with E-state index in [9.17, 15) is 8.42 Å². The molecule has 2 heterocycles. The van der Waals surface area contributed by atoms with Gasteiger partial charge in [0, 0.05) is 13.5 Å². The van der Waals surface area contributed by atoms with Gasteiger partial charge in [-0.3, -0.25) is 5.10 Å². The Kier molecular flexibility index (Phi) is 2.68. The molecule has 1 aliphatic heterocycles. The minimum Gasteiger partial charge on any atom is -0.307 e. The largest absolute Gasteiger partial charge is 0.307 e. The average Bonchev–Trinajstić information content (AvgIpc) is 2.63. The van der Waals surface area contributed by atoms with E-state index in [4.69, 9.17) is 12.2 Å². The van der Waals surface area contributed by atoms with E-state index in [0.29, 0.717) is 16.9 Å². The Balaban J connectivity index is 2.11. The van der Waals surface area contributed by atoms with Crippen molar-refractivity contribution in [1.82, 2.24) is 14.8 Å². The summed E-state index contributed by atoms with van der Waals surface area (Å²) in [5.41, 5.74) is 0. The van der Waals surface area contributed by atoms with Crippen molar-refractivity contribution in [2.75, 3.05) is 11.5 Å². The Labute approximate surface area is 93.4 Å². The number of hydrogen-bond donors (Lipinski definition) is 1. The summed E-state index contributed by atoms with van der Waals surface area (Å²) in [5.74, 6) is 1.63. The second-order valence-corrected chi connectivity index (χ2v) is 6.59. The number of hydrogen-bond acceptors (Lipinski definition) is 4. The van der Waals surface area contributed by atoms with Gasteiger partial charge in [-0.15, -0.1) is 0 Å². The van der Waals surface area contributed by atoms with Gasteiger partial charge < -0.3 is 4.57 Å². The average molecular weight is 247 g/mol. The van der Waals surface area contributed by atoms with E-state index in [-0.39, 0.29) is 11.7 Å². The molecule has 1 fully saturated rings. The summed E-state index contributed by atoms with van der Waals surface area (Å²) in [6.45, 7) is 0. The number of rotatable bonds is 2. The highest BCUT2D eigenvalue weighted by Crippen LogP contribution is 2.21. The number of nitrogens with zero attached hydrogens (tertiary/aromatic N) is 2. The number of aromatic nitrogens is 3. The topological polar surface area (TPSA) is 67.8 Å². The van der Waals surface area contributed by atoms with Crippen LogP contribution in [0.4, 0.5) is 0 Å². The Hall–Kier alpha value is -0.690. The van der Waals surface area contributed by atoms with Crippen LogP contribution in [0.1, 0.15) is 12.2 Å². The molecule has 0 aromatic carbocycles. The molecule has 0 unspecified atom stereocenters. The van der Waals surface area contributed by atoms with E-state index in [1.165, 1.54) is 0 Å². The Bertz CT molecular complexity index is 514. The molecule has 1 N–H and O–H groups in total. The smallest absolute Gasteiger partial charge is 0.194 e. The summed E-state index contributed by atoms with van der Waals surface area (Å²) in [6.07, 6.45) is 1.42. The Morgan fingerprint density at radius 3 is 2.87 bits per heavy atom. The fraction of sp³-hybridized carbons (Fsp3) is 0.750. The van der Waals surface area contributed by atoms with Crippen molar-refractivity contribution in [3.05, 3.63) is 10.6 Å². The molecule has 5 nitrogen and oxygen atoms in total. The van der Waals surface area contributed by atoms with Gasteiger partial charge in [0.1, 0.15) is 5.82 Å². The minimum absolute atomic E-state index is 0.193. The molecule has 7 heteroatoms. The highest BCUT2D eigenvalue weighted by molar-refractivity contribution is 7.91. The van der Waals surface area contributed by atoms with Crippen LogP contribution in [-0.4, -0.2) is 34.7 Å². The zero-order valence-electron chi connectivity index (χ0n) is 8.43. The Morgan fingerprint density at radius 2 is 2.40 bits per heavy atom. The normalized spacial score (nSPS) is 24.5. The molecule has 0 saturated carbocycles. The highest BCUT2D eigenvalue weighted by atomic mass is 32.2. The molecule has 0 aliphatic carbocycles. The monoisotopic (exact) mass is 247 g/mol. The summed E-state index contributed by atoms with van der Waals surface area (Å²) in [7, 11) is -0.957.